The number of hydrogen-bond donors (Lipinski definition) is 1. The van der Waals surface area contributed by atoms with Crippen LogP contribution in [0.25, 0.3) is 21.9 Å². The minimum absolute atomic E-state index is 0.178. The predicted octanol–water partition coefficient (Wildman–Crippen LogP) is 4.36. The molecule has 0 aliphatic rings. The van der Waals surface area contributed by atoms with Gasteiger partial charge in [0.05, 0.1) is 12.0 Å². The molecule has 5 nitrogen and oxygen atoms in total. The van der Waals surface area contributed by atoms with Gasteiger partial charge in [-0.05, 0) is 50.1 Å². The maximum Gasteiger partial charge on any atom is 0.341 e. The number of rotatable bonds is 4. The van der Waals surface area contributed by atoms with Crippen LogP contribution < -0.4 is 5.56 Å². The molecule has 0 aliphatic heterocycles. The van der Waals surface area contributed by atoms with Crippen LogP contribution in [-0.2, 0) is 9.53 Å². The quantitative estimate of drug-likeness (QED) is 0.532. The van der Waals surface area contributed by atoms with Gasteiger partial charge in [0, 0.05) is 9.90 Å². The summed E-state index contributed by atoms with van der Waals surface area (Å²) in [7, 11) is 0. The molecule has 0 unspecified atom stereocenters. The van der Waals surface area contributed by atoms with Crippen molar-refractivity contribution in [1.29, 1.82) is 0 Å². The first-order valence-electron chi connectivity index (χ1n) is 8.05. The first kappa shape index (κ1) is 18.4. The Balaban J connectivity index is 2.20. The molecule has 0 radical (unpaired) electrons. The number of hydrogen-bond acceptors (Lipinski definition) is 5. The Morgan fingerprint density at radius 3 is 2.85 bits per heavy atom. The number of esters is 1. The minimum atomic E-state index is -0.556. The monoisotopic (exact) mass is 388 g/mol. The molecule has 3 aromatic rings. The van der Waals surface area contributed by atoms with Gasteiger partial charge in [0.2, 0.25) is 0 Å². The normalized spacial score (nSPS) is 11.8. The Bertz CT molecular complexity index is 1080. The van der Waals surface area contributed by atoms with Crippen LogP contribution in [0.5, 0.6) is 0 Å². The van der Waals surface area contributed by atoms with E-state index in [9.17, 15) is 9.59 Å². The minimum Gasteiger partial charge on any atom is -0.462 e. The molecule has 2 aromatic heterocycles. The van der Waals surface area contributed by atoms with Crippen LogP contribution in [0.3, 0.4) is 0 Å². The molecule has 0 fully saturated rings. The van der Waals surface area contributed by atoms with Crippen LogP contribution in [0.4, 0.5) is 0 Å². The first-order valence-corrected chi connectivity index (χ1v) is 9.25. The Morgan fingerprint density at radius 2 is 2.15 bits per heavy atom. The highest BCUT2D eigenvalue weighted by atomic mass is 35.5. The SMILES string of the molecule is CCOC(=O)/C(=C\c1cccc(Cl)c1)c1nc2sc(C)c(C)c2c(=O)[nH]1. The van der Waals surface area contributed by atoms with Crippen molar-refractivity contribution in [3.05, 3.63) is 61.5 Å². The smallest absolute Gasteiger partial charge is 0.341 e. The summed E-state index contributed by atoms with van der Waals surface area (Å²) in [6, 6.07) is 7.05. The highest BCUT2D eigenvalue weighted by Gasteiger charge is 2.19. The molecule has 0 saturated carbocycles. The number of H-pyrrole nitrogens is 1. The molecule has 1 aromatic carbocycles. The molecule has 134 valence electrons. The zero-order valence-corrected chi connectivity index (χ0v) is 16.1. The van der Waals surface area contributed by atoms with Gasteiger partial charge in [-0.15, -0.1) is 11.3 Å². The van der Waals surface area contributed by atoms with Crippen molar-refractivity contribution in [3.8, 4) is 0 Å². The van der Waals surface area contributed by atoms with Crippen molar-refractivity contribution < 1.29 is 9.53 Å². The van der Waals surface area contributed by atoms with Gasteiger partial charge in [0.25, 0.3) is 5.56 Å². The number of carbonyl (C=O) groups excluding carboxylic acids is 1. The lowest BCUT2D eigenvalue weighted by atomic mass is 10.1. The first-order chi connectivity index (χ1) is 12.4. The number of aromatic amines is 1. The van der Waals surface area contributed by atoms with E-state index in [0.717, 1.165) is 10.4 Å². The van der Waals surface area contributed by atoms with E-state index in [4.69, 9.17) is 16.3 Å². The van der Waals surface area contributed by atoms with Crippen molar-refractivity contribution in [2.24, 2.45) is 0 Å². The third kappa shape index (κ3) is 3.57. The summed E-state index contributed by atoms with van der Waals surface area (Å²) < 4.78 is 5.14. The summed E-state index contributed by atoms with van der Waals surface area (Å²) in [6.07, 6.45) is 1.61. The number of carbonyl (C=O) groups is 1. The highest BCUT2D eigenvalue weighted by Crippen LogP contribution is 2.27. The Hall–Kier alpha value is -2.44. The van der Waals surface area contributed by atoms with E-state index in [0.29, 0.717) is 20.8 Å². The van der Waals surface area contributed by atoms with Crippen LogP contribution in [-0.4, -0.2) is 22.5 Å². The number of nitrogens with one attached hydrogen (secondary N) is 1. The summed E-state index contributed by atoms with van der Waals surface area (Å²) >= 11 is 7.45. The molecular formula is C19H17ClN2O3S. The molecule has 0 amide bonds. The van der Waals surface area contributed by atoms with Gasteiger partial charge in [-0.2, -0.15) is 0 Å². The van der Waals surface area contributed by atoms with E-state index >= 15 is 0 Å². The number of fused-ring (bicyclic) bond motifs is 1. The number of ether oxygens (including phenoxy) is 1. The zero-order valence-electron chi connectivity index (χ0n) is 14.6. The molecule has 0 spiro atoms. The second-order valence-corrected chi connectivity index (χ2v) is 7.35. The molecule has 0 atom stereocenters. The number of benzene rings is 1. The lowest BCUT2D eigenvalue weighted by Gasteiger charge is -2.07. The van der Waals surface area contributed by atoms with Crippen LogP contribution in [0.1, 0.15) is 28.8 Å². The summed E-state index contributed by atoms with van der Waals surface area (Å²) in [5.41, 5.74) is 1.52. The number of aromatic nitrogens is 2. The van der Waals surface area contributed by atoms with E-state index < -0.39 is 5.97 Å². The fraction of sp³-hybridized carbons (Fsp3) is 0.211. The predicted molar refractivity (Wildman–Crippen MR) is 106 cm³/mol. The van der Waals surface area contributed by atoms with Crippen LogP contribution in [0, 0.1) is 13.8 Å². The summed E-state index contributed by atoms with van der Waals surface area (Å²) in [6.45, 7) is 5.77. The van der Waals surface area contributed by atoms with Gasteiger partial charge in [-0.25, -0.2) is 9.78 Å². The number of aryl methyl sites for hydroxylation is 2. The fourth-order valence-corrected chi connectivity index (χ4v) is 3.81. The van der Waals surface area contributed by atoms with Gasteiger partial charge in [-0.3, -0.25) is 4.79 Å². The van der Waals surface area contributed by atoms with Crippen molar-refractivity contribution in [2.45, 2.75) is 20.8 Å². The summed E-state index contributed by atoms with van der Waals surface area (Å²) in [4.78, 5) is 33.8. The van der Waals surface area contributed by atoms with Gasteiger partial charge in [0.1, 0.15) is 16.2 Å². The molecule has 0 saturated heterocycles. The standard InChI is InChI=1S/C19H17ClN2O3S/c1-4-25-19(24)14(9-12-6-5-7-13(20)8-12)16-21-17(23)15-10(2)11(3)26-18(15)22-16/h5-9H,4H2,1-3H3,(H,21,22,23)/b14-9-. The van der Waals surface area contributed by atoms with E-state index in [1.807, 2.05) is 13.8 Å². The number of nitrogens with zero attached hydrogens (tertiary/aromatic N) is 1. The molecule has 7 heteroatoms. The van der Waals surface area contributed by atoms with Gasteiger partial charge < -0.3 is 9.72 Å². The lowest BCUT2D eigenvalue weighted by Crippen LogP contribution is -2.15. The lowest BCUT2D eigenvalue weighted by molar-refractivity contribution is -0.136. The molecule has 1 N–H and O–H groups in total. The second-order valence-electron chi connectivity index (χ2n) is 5.71. The number of thiophene rings is 1. The van der Waals surface area contributed by atoms with E-state index in [2.05, 4.69) is 9.97 Å². The second kappa shape index (κ2) is 7.43. The van der Waals surface area contributed by atoms with E-state index in [1.54, 1.807) is 37.3 Å². The summed E-state index contributed by atoms with van der Waals surface area (Å²) in [5, 5.41) is 1.10. The maximum absolute atomic E-state index is 12.5. The third-order valence-electron chi connectivity index (χ3n) is 3.95. The topological polar surface area (TPSA) is 72.0 Å². The van der Waals surface area contributed by atoms with Crippen molar-refractivity contribution in [2.75, 3.05) is 6.61 Å². The average molecular weight is 389 g/mol. The third-order valence-corrected chi connectivity index (χ3v) is 5.29. The van der Waals surface area contributed by atoms with Crippen molar-refractivity contribution in [3.63, 3.8) is 0 Å². The highest BCUT2D eigenvalue weighted by molar-refractivity contribution is 7.18. The van der Waals surface area contributed by atoms with Crippen molar-refractivity contribution >= 4 is 50.8 Å². The number of halogens is 1. The largest absolute Gasteiger partial charge is 0.462 e. The Kier molecular flexibility index (Phi) is 5.25. The molecule has 26 heavy (non-hydrogen) atoms. The van der Waals surface area contributed by atoms with Crippen LogP contribution in [0.15, 0.2) is 29.1 Å². The molecule has 3 rings (SSSR count). The van der Waals surface area contributed by atoms with Crippen LogP contribution in [0.2, 0.25) is 5.02 Å². The van der Waals surface area contributed by atoms with Crippen LogP contribution >= 0.6 is 22.9 Å². The molecule has 2 heterocycles. The Morgan fingerprint density at radius 1 is 1.38 bits per heavy atom. The maximum atomic E-state index is 12.5. The van der Waals surface area contributed by atoms with Crippen molar-refractivity contribution in [1.82, 2.24) is 9.97 Å². The Labute approximate surface area is 159 Å². The van der Waals surface area contributed by atoms with E-state index in [-0.39, 0.29) is 23.6 Å². The molecule has 0 aliphatic carbocycles. The zero-order chi connectivity index (χ0) is 18.8. The van der Waals surface area contributed by atoms with Gasteiger partial charge >= 0.3 is 5.97 Å². The van der Waals surface area contributed by atoms with E-state index in [1.165, 1.54) is 11.3 Å². The molecular weight excluding hydrogens is 372 g/mol. The molecule has 0 bridgehead atoms. The fourth-order valence-electron chi connectivity index (χ4n) is 2.58. The summed E-state index contributed by atoms with van der Waals surface area (Å²) in [5.74, 6) is -0.373. The van der Waals surface area contributed by atoms with Gasteiger partial charge in [-0.1, -0.05) is 23.7 Å². The van der Waals surface area contributed by atoms with Gasteiger partial charge in [0.15, 0.2) is 0 Å². The average Bonchev–Trinajstić information content (AvgIpc) is 2.87.